The zero-order chi connectivity index (χ0) is 32.8. The molecule has 0 aliphatic rings. The Balaban J connectivity index is 0.00000312. The van der Waals surface area contributed by atoms with Crippen LogP contribution in [0.15, 0.2) is 139 Å². The second kappa shape index (κ2) is 16.7. The van der Waals surface area contributed by atoms with E-state index in [4.69, 9.17) is 9.66 Å². The number of hydrogen-bond donors (Lipinski definition) is 3. The van der Waals surface area contributed by atoms with Gasteiger partial charge in [-0.25, -0.2) is 4.79 Å². The standard InChI is InChI=1S/C31H22N6O8S.2Na/c38-27-15-11-23(17-25(27)31(41)42)35-32-20-5-1-18(2-6-20)19-3-7-21(8-4-19)33-36-26-14-16-28(39)29(30(26)40)37-34-22-9-12-24(13-10-22)46(43,44)45;;/h1-17,38-40H,(H,41,42)(H,43,44,45);;/q;2*+1/p-2. The Hall–Kier alpha value is -4.32. The first kappa shape index (κ1) is 38.1. The van der Waals surface area contributed by atoms with Crippen molar-refractivity contribution in [1.29, 1.82) is 0 Å². The molecule has 0 aliphatic carbocycles. The van der Waals surface area contributed by atoms with E-state index in [1.54, 1.807) is 36.4 Å². The van der Waals surface area contributed by atoms with Crippen molar-refractivity contribution in [3.63, 3.8) is 0 Å². The third kappa shape index (κ3) is 9.62. The molecule has 0 radical (unpaired) electrons. The van der Waals surface area contributed by atoms with Crippen molar-refractivity contribution in [2.45, 2.75) is 4.90 Å². The van der Waals surface area contributed by atoms with Gasteiger partial charge in [0.15, 0.2) is 5.75 Å². The molecule has 0 amide bonds. The largest absolute Gasteiger partial charge is 1.00 e. The Kier molecular flexibility index (Phi) is 13.2. The second-order valence-corrected chi connectivity index (χ2v) is 10.8. The van der Waals surface area contributed by atoms with E-state index < -0.39 is 33.3 Å². The molecular weight excluding hydrogens is 662 g/mol. The predicted molar refractivity (Wildman–Crippen MR) is 161 cm³/mol. The summed E-state index contributed by atoms with van der Waals surface area (Å²) in [4.78, 5) is 10.8. The van der Waals surface area contributed by atoms with E-state index in [0.29, 0.717) is 11.4 Å². The van der Waals surface area contributed by atoms with Gasteiger partial charge in [0, 0.05) is 0 Å². The van der Waals surface area contributed by atoms with Gasteiger partial charge in [-0.1, -0.05) is 47.9 Å². The molecule has 0 aliphatic heterocycles. The zero-order valence-electron chi connectivity index (χ0n) is 25.3. The summed E-state index contributed by atoms with van der Waals surface area (Å²) in [5.74, 6) is -3.12. The van der Waals surface area contributed by atoms with Crippen LogP contribution in [0.25, 0.3) is 11.1 Å². The van der Waals surface area contributed by atoms with Crippen molar-refractivity contribution >= 4 is 50.2 Å². The van der Waals surface area contributed by atoms with Crippen LogP contribution in [0, 0.1) is 0 Å². The van der Waals surface area contributed by atoms with Crippen LogP contribution in [-0.2, 0) is 10.1 Å². The molecular formula is C31H20N6Na2O8S. The molecule has 0 bridgehead atoms. The van der Waals surface area contributed by atoms with Crippen LogP contribution in [0.5, 0.6) is 17.2 Å². The van der Waals surface area contributed by atoms with Crippen molar-refractivity contribution < 1.29 is 97.3 Å². The van der Waals surface area contributed by atoms with E-state index in [0.717, 1.165) is 41.5 Å². The minimum atomic E-state index is -4.38. The molecule has 14 nitrogen and oxygen atoms in total. The van der Waals surface area contributed by atoms with Gasteiger partial charge in [0.2, 0.25) is 0 Å². The van der Waals surface area contributed by atoms with E-state index in [2.05, 4.69) is 30.7 Å². The fourth-order valence-electron chi connectivity index (χ4n) is 3.94. The van der Waals surface area contributed by atoms with E-state index >= 15 is 0 Å². The van der Waals surface area contributed by atoms with Crippen LogP contribution >= 0.6 is 0 Å². The van der Waals surface area contributed by atoms with Crippen molar-refractivity contribution in [3.05, 3.63) is 109 Å². The van der Waals surface area contributed by atoms with Gasteiger partial charge in [0.1, 0.15) is 11.4 Å². The third-order valence-corrected chi connectivity index (χ3v) is 7.18. The van der Waals surface area contributed by atoms with Crippen LogP contribution in [0.4, 0.5) is 34.1 Å². The summed E-state index contributed by atoms with van der Waals surface area (Å²) in [6.45, 7) is 0. The minimum absolute atomic E-state index is 0. The van der Waals surface area contributed by atoms with Gasteiger partial charge in [-0.3, -0.25) is 4.55 Å². The van der Waals surface area contributed by atoms with Gasteiger partial charge in [0.05, 0.1) is 33.2 Å². The molecule has 230 valence electrons. The second-order valence-electron chi connectivity index (χ2n) is 9.43. The molecule has 0 aromatic heterocycles. The number of carboxylic acid groups (broad SMARTS) is 1. The SMILES string of the molecule is O=C(O)c1cc(N=Nc2ccc(-c3ccc(N=Nc4ccc([O-])c(N=Nc5ccc(S(=O)(=O)O)cc5)c4O)cc3)cc2)ccc1[O-].[Na+].[Na+]. The molecule has 0 spiro atoms. The number of phenols is 1. The number of nitrogens with zero attached hydrogens (tertiary/aromatic N) is 6. The molecule has 5 aromatic carbocycles. The summed E-state index contributed by atoms with van der Waals surface area (Å²) >= 11 is 0. The fraction of sp³-hybridized carbons (Fsp3) is 0. The van der Waals surface area contributed by atoms with Crippen molar-refractivity contribution in [1.82, 2.24) is 0 Å². The van der Waals surface area contributed by atoms with Gasteiger partial charge in [-0.15, -0.1) is 10.2 Å². The van der Waals surface area contributed by atoms with Gasteiger partial charge < -0.3 is 20.4 Å². The smallest absolute Gasteiger partial charge is 0.872 e. The van der Waals surface area contributed by atoms with E-state index in [-0.39, 0.29) is 92.3 Å². The van der Waals surface area contributed by atoms with E-state index in [9.17, 15) is 28.5 Å². The first-order valence-corrected chi connectivity index (χ1v) is 14.5. The number of carbonyl (C=O) groups is 1. The summed E-state index contributed by atoms with van der Waals surface area (Å²) < 4.78 is 31.4. The maximum atomic E-state index is 12.3. The molecule has 0 saturated heterocycles. The van der Waals surface area contributed by atoms with Gasteiger partial charge >= 0.3 is 65.1 Å². The molecule has 0 atom stereocenters. The summed E-state index contributed by atoms with van der Waals surface area (Å²) in [6, 6.07) is 24.9. The molecule has 0 saturated carbocycles. The number of benzene rings is 5. The number of azo groups is 3. The first-order valence-electron chi connectivity index (χ1n) is 13.1. The quantitative estimate of drug-likeness (QED) is 0.117. The topological polar surface area (TPSA) is 232 Å². The number of rotatable bonds is 9. The molecule has 5 aromatic rings. The van der Waals surface area contributed by atoms with Crippen LogP contribution < -0.4 is 69.3 Å². The fourth-order valence-corrected chi connectivity index (χ4v) is 4.42. The molecule has 17 heteroatoms. The Labute approximate surface area is 317 Å². The Bertz CT molecular complexity index is 2130. The first-order chi connectivity index (χ1) is 22.0. The summed E-state index contributed by atoms with van der Waals surface area (Å²) in [7, 11) is -4.38. The van der Waals surface area contributed by atoms with Gasteiger partial charge in [-0.05, 0) is 77.9 Å². The Morgan fingerprint density at radius 3 is 1.54 bits per heavy atom. The number of aromatic hydroxyl groups is 1. The molecule has 0 unspecified atom stereocenters. The molecule has 0 fully saturated rings. The van der Waals surface area contributed by atoms with Crippen molar-refractivity contribution in [2.75, 3.05) is 0 Å². The monoisotopic (exact) mass is 682 g/mol. The zero-order valence-corrected chi connectivity index (χ0v) is 30.1. The van der Waals surface area contributed by atoms with Crippen LogP contribution in [0.1, 0.15) is 10.4 Å². The number of phenolic OH excluding ortho intramolecular Hbond substituents is 1. The van der Waals surface area contributed by atoms with Crippen LogP contribution in [0.3, 0.4) is 0 Å². The Morgan fingerprint density at radius 1 is 0.583 bits per heavy atom. The van der Waals surface area contributed by atoms with Crippen molar-refractivity contribution in [3.8, 4) is 28.4 Å². The minimum Gasteiger partial charge on any atom is -0.872 e. The number of aromatic carboxylic acids is 1. The maximum Gasteiger partial charge on any atom is 1.00 e. The molecule has 3 N–H and O–H groups in total. The van der Waals surface area contributed by atoms with Crippen LogP contribution in [-0.4, -0.2) is 29.2 Å². The Morgan fingerprint density at radius 2 is 1.02 bits per heavy atom. The molecule has 0 heterocycles. The van der Waals surface area contributed by atoms with Gasteiger partial charge in [0.25, 0.3) is 10.1 Å². The van der Waals surface area contributed by atoms with Crippen LogP contribution in [0.2, 0.25) is 0 Å². The molecule has 48 heavy (non-hydrogen) atoms. The van der Waals surface area contributed by atoms with E-state index in [1.807, 2.05) is 12.1 Å². The normalized spacial score (nSPS) is 11.4. The van der Waals surface area contributed by atoms with Gasteiger partial charge in [-0.2, -0.15) is 28.9 Å². The summed E-state index contributed by atoms with van der Waals surface area (Å²) in [5, 5.41) is 67.4. The average molecular weight is 683 g/mol. The van der Waals surface area contributed by atoms with E-state index in [1.165, 1.54) is 24.3 Å². The maximum absolute atomic E-state index is 12.3. The average Bonchev–Trinajstić information content (AvgIpc) is 3.04. The van der Waals surface area contributed by atoms with Crippen molar-refractivity contribution in [2.24, 2.45) is 30.7 Å². The predicted octanol–water partition coefficient (Wildman–Crippen LogP) is 1.41. The summed E-state index contributed by atoms with van der Waals surface area (Å²) in [5.41, 5.74) is 2.26. The number of hydrogen-bond acceptors (Lipinski definition) is 12. The molecule has 5 rings (SSSR count). The third-order valence-electron chi connectivity index (χ3n) is 6.31. The summed E-state index contributed by atoms with van der Waals surface area (Å²) in [6.07, 6.45) is 0. The number of carboxylic acids is 1.